The van der Waals surface area contributed by atoms with Crippen LogP contribution in [0.15, 0.2) is 29.4 Å². The summed E-state index contributed by atoms with van der Waals surface area (Å²) in [6.07, 6.45) is 1.45. The Morgan fingerprint density at radius 2 is 1.92 bits per heavy atom. The maximum Gasteiger partial charge on any atom is 0.277 e. The zero-order valence-corrected chi connectivity index (χ0v) is 15.5. The SMILES string of the molecule is Cc1ccc(C)c(OCC(=O)N/N=C/c2cc3c(cc2Cl)OCO3)c1C. The van der Waals surface area contributed by atoms with Crippen molar-refractivity contribution in [3.8, 4) is 17.2 Å². The van der Waals surface area contributed by atoms with E-state index in [1.165, 1.54) is 6.21 Å². The molecule has 0 unspecified atom stereocenters. The molecule has 1 aliphatic heterocycles. The zero-order valence-electron chi connectivity index (χ0n) is 14.8. The first kappa shape index (κ1) is 18.1. The van der Waals surface area contributed by atoms with E-state index in [4.69, 9.17) is 25.8 Å². The average molecular weight is 375 g/mol. The molecule has 0 saturated heterocycles. The molecule has 3 rings (SSSR count). The van der Waals surface area contributed by atoms with Crippen molar-refractivity contribution < 1.29 is 19.0 Å². The topological polar surface area (TPSA) is 69.2 Å². The highest BCUT2D eigenvalue weighted by molar-refractivity contribution is 6.33. The predicted octanol–water partition coefficient (Wildman–Crippen LogP) is 3.52. The van der Waals surface area contributed by atoms with Gasteiger partial charge in [0, 0.05) is 11.6 Å². The van der Waals surface area contributed by atoms with Gasteiger partial charge >= 0.3 is 0 Å². The van der Waals surface area contributed by atoms with Crippen LogP contribution in [0.25, 0.3) is 0 Å². The summed E-state index contributed by atoms with van der Waals surface area (Å²) in [6, 6.07) is 7.35. The third-order valence-electron chi connectivity index (χ3n) is 4.11. The third kappa shape index (κ3) is 3.91. The molecule has 2 aromatic rings. The number of carbonyl (C=O) groups excluding carboxylic acids is 1. The number of ether oxygens (including phenoxy) is 3. The lowest BCUT2D eigenvalue weighted by molar-refractivity contribution is -0.123. The van der Waals surface area contributed by atoms with Crippen LogP contribution in [0.1, 0.15) is 22.3 Å². The number of hydrogen-bond donors (Lipinski definition) is 1. The number of halogens is 1. The van der Waals surface area contributed by atoms with E-state index >= 15 is 0 Å². The summed E-state index contributed by atoms with van der Waals surface area (Å²) in [4.78, 5) is 12.0. The van der Waals surface area contributed by atoms with E-state index in [9.17, 15) is 4.79 Å². The highest BCUT2D eigenvalue weighted by Gasteiger charge is 2.15. The van der Waals surface area contributed by atoms with Crippen LogP contribution in [0, 0.1) is 20.8 Å². The summed E-state index contributed by atoms with van der Waals surface area (Å²) in [7, 11) is 0. The van der Waals surface area contributed by atoms with E-state index < -0.39 is 0 Å². The van der Waals surface area contributed by atoms with Gasteiger partial charge in [-0.15, -0.1) is 0 Å². The molecule has 26 heavy (non-hydrogen) atoms. The number of fused-ring (bicyclic) bond motifs is 1. The first-order valence-corrected chi connectivity index (χ1v) is 8.44. The maximum atomic E-state index is 12.0. The molecule has 7 heteroatoms. The van der Waals surface area contributed by atoms with E-state index in [1.54, 1.807) is 12.1 Å². The van der Waals surface area contributed by atoms with Gasteiger partial charge in [-0.3, -0.25) is 4.79 Å². The van der Waals surface area contributed by atoms with Crippen LogP contribution in [0.5, 0.6) is 17.2 Å². The Morgan fingerprint density at radius 3 is 2.69 bits per heavy atom. The predicted molar refractivity (Wildman–Crippen MR) is 99.5 cm³/mol. The van der Waals surface area contributed by atoms with Crippen LogP contribution < -0.4 is 19.6 Å². The maximum absolute atomic E-state index is 12.0. The summed E-state index contributed by atoms with van der Waals surface area (Å²) < 4.78 is 16.2. The van der Waals surface area contributed by atoms with Crippen LogP contribution in [0.3, 0.4) is 0 Å². The monoisotopic (exact) mass is 374 g/mol. The van der Waals surface area contributed by atoms with Gasteiger partial charge in [0.1, 0.15) is 5.75 Å². The van der Waals surface area contributed by atoms with Crippen molar-refractivity contribution in [1.82, 2.24) is 5.43 Å². The summed E-state index contributed by atoms with van der Waals surface area (Å²) in [5, 5.41) is 4.37. The largest absolute Gasteiger partial charge is 0.483 e. The first-order chi connectivity index (χ1) is 12.5. The Hall–Kier alpha value is -2.73. The Kier molecular flexibility index (Phi) is 5.32. The molecule has 0 radical (unpaired) electrons. The van der Waals surface area contributed by atoms with E-state index in [-0.39, 0.29) is 19.3 Å². The molecule has 1 heterocycles. The van der Waals surface area contributed by atoms with Crippen molar-refractivity contribution in [1.29, 1.82) is 0 Å². The molecule has 0 aliphatic carbocycles. The smallest absolute Gasteiger partial charge is 0.277 e. The second kappa shape index (κ2) is 7.66. The van der Waals surface area contributed by atoms with Gasteiger partial charge in [-0.25, -0.2) is 5.43 Å². The van der Waals surface area contributed by atoms with Crippen LogP contribution in [-0.4, -0.2) is 25.5 Å². The number of carbonyl (C=O) groups is 1. The first-order valence-electron chi connectivity index (χ1n) is 8.06. The minimum absolute atomic E-state index is 0.128. The molecule has 0 fully saturated rings. The molecule has 0 aromatic heterocycles. The number of hydrogen-bond acceptors (Lipinski definition) is 5. The lowest BCUT2D eigenvalue weighted by Crippen LogP contribution is -2.25. The average Bonchev–Trinajstić information content (AvgIpc) is 3.05. The Labute approximate surface area is 156 Å². The van der Waals surface area contributed by atoms with Crippen LogP contribution in [-0.2, 0) is 4.79 Å². The number of benzene rings is 2. The fourth-order valence-electron chi connectivity index (χ4n) is 2.52. The summed E-state index contributed by atoms with van der Waals surface area (Å²) in [5.41, 5.74) is 6.16. The fraction of sp³-hybridized carbons (Fsp3) is 0.263. The minimum atomic E-state index is -0.363. The van der Waals surface area contributed by atoms with Gasteiger partial charge in [0.25, 0.3) is 5.91 Å². The van der Waals surface area contributed by atoms with Crippen molar-refractivity contribution in [2.75, 3.05) is 13.4 Å². The molecule has 136 valence electrons. The van der Waals surface area contributed by atoms with Gasteiger partial charge in [-0.1, -0.05) is 23.7 Å². The molecule has 0 saturated carbocycles. The Morgan fingerprint density at radius 1 is 1.23 bits per heavy atom. The number of nitrogens with one attached hydrogen (secondary N) is 1. The van der Waals surface area contributed by atoms with Gasteiger partial charge < -0.3 is 14.2 Å². The van der Waals surface area contributed by atoms with E-state index in [0.29, 0.717) is 22.1 Å². The molecular formula is C19H19ClN2O4. The fourth-order valence-corrected chi connectivity index (χ4v) is 2.73. The van der Waals surface area contributed by atoms with Crippen molar-refractivity contribution in [3.63, 3.8) is 0 Å². The van der Waals surface area contributed by atoms with Crippen molar-refractivity contribution in [2.45, 2.75) is 20.8 Å². The number of aryl methyl sites for hydroxylation is 2. The lowest BCUT2D eigenvalue weighted by Gasteiger charge is -2.13. The van der Waals surface area contributed by atoms with Gasteiger partial charge in [-0.2, -0.15) is 5.10 Å². The summed E-state index contributed by atoms with van der Waals surface area (Å²) in [5.74, 6) is 1.55. The van der Waals surface area contributed by atoms with Gasteiger partial charge in [0.05, 0.1) is 11.2 Å². The zero-order chi connectivity index (χ0) is 18.7. The highest BCUT2D eigenvalue weighted by Crippen LogP contribution is 2.36. The molecule has 1 amide bonds. The summed E-state index contributed by atoms with van der Waals surface area (Å²) in [6.45, 7) is 5.95. The highest BCUT2D eigenvalue weighted by atomic mass is 35.5. The minimum Gasteiger partial charge on any atom is -0.483 e. The van der Waals surface area contributed by atoms with Crippen LogP contribution >= 0.6 is 11.6 Å². The third-order valence-corrected chi connectivity index (χ3v) is 4.43. The van der Waals surface area contributed by atoms with Gasteiger partial charge in [-0.05, 0) is 43.5 Å². The number of nitrogens with zero attached hydrogens (tertiary/aromatic N) is 1. The standard InChI is InChI=1S/C19H19ClN2O4/c1-11-4-5-12(2)19(13(11)3)24-9-18(23)22-21-8-14-6-16-17(7-15(14)20)26-10-25-16/h4-8H,9-10H2,1-3H3,(H,22,23)/b21-8+. The second-order valence-corrected chi connectivity index (χ2v) is 6.37. The molecule has 1 aliphatic rings. The quantitative estimate of drug-likeness (QED) is 0.642. The molecule has 2 aromatic carbocycles. The van der Waals surface area contributed by atoms with E-state index in [2.05, 4.69) is 10.5 Å². The Balaban J connectivity index is 1.58. The molecule has 6 nitrogen and oxygen atoms in total. The van der Waals surface area contributed by atoms with Crippen LogP contribution in [0.4, 0.5) is 0 Å². The molecular weight excluding hydrogens is 356 g/mol. The normalized spacial score (nSPS) is 12.5. The summed E-state index contributed by atoms with van der Waals surface area (Å²) >= 11 is 6.15. The van der Waals surface area contributed by atoms with Gasteiger partial charge in [0.2, 0.25) is 6.79 Å². The van der Waals surface area contributed by atoms with E-state index in [0.717, 1.165) is 22.4 Å². The van der Waals surface area contributed by atoms with E-state index in [1.807, 2.05) is 32.9 Å². The molecule has 0 bridgehead atoms. The van der Waals surface area contributed by atoms with Crippen molar-refractivity contribution >= 4 is 23.7 Å². The molecule has 0 spiro atoms. The molecule has 1 N–H and O–H groups in total. The van der Waals surface area contributed by atoms with Crippen molar-refractivity contribution in [2.24, 2.45) is 5.10 Å². The molecule has 0 atom stereocenters. The second-order valence-electron chi connectivity index (χ2n) is 5.96. The number of amides is 1. The van der Waals surface area contributed by atoms with Crippen LogP contribution in [0.2, 0.25) is 5.02 Å². The Bertz CT molecular complexity index is 880. The van der Waals surface area contributed by atoms with Gasteiger partial charge in [0.15, 0.2) is 18.1 Å². The number of hydrazone groups is 1. The van der Waals surface area contributed by atoms with Crippen molar-refractivity contribution in [3.05, 3.63) is 51.5 Å². The lowest BCUT2D eigenvalue weighted by atomic mass is 10.1. The number of rotatable bonds is 5.